The number of nitrogens with one attached hydrogen (secondary N) is 1. The van der Waals surface area contributed by atoms with Gasteiger partial charge >= 0.3 is 5.13 Å². The predicted molar refractivity (Wildman–Crippen MR) is 64.3 cm³/mol. The first kappa shape index (κ1) is 10.2. The maximum absolute atomic E-state index is 5.44. The number of fused-ring (bicyclic) bond motifs is 1. The largest absolute Gasteiger partial charge is 0.497 e. The number of hydrogen-bond acceptors (Lipinski definition) is 4. The lowest BCUT2D eigenvalue weighted by molar-refractivity contribution is 0.415. The van der Waals surface area contributed by atoms with E-state index in [2.05, 4.69) is 23.4 Å². The fourth-order valence-corrected chi connectivity index (χ4v) is 3.32. The van der Waals surface area contributed by atoms with Gasteiger partial charge in [0.25, 0.3) is 0 Å². The molecule has 0 spiro atoms. The number of hydrogen-bond donors (Lipinski definition) is 2. The van der Waals surface area contributed by atoms with Crippen molar-refractivity contribution < 1.29 is 4.74 Å². The number of methoxy groups -OCH3 is 1. The van der Waals surface area contributed by atoms with Gasteiger partial charge in [-0.15, -0.1) is 0 Å². The highest BCUT2D eigenvalue weighted by atomic mass is 32.2. The number of rotatable bonds is 3. The summed E-state index contributed by atoms with van der Waals surface area (Å²) in [5, 5.41) is 0.862. The Kier molecular flexibility index (Phi) is 2.75. The molecule has 0 saturated heterocycles. The van der Waals surface area contributed by atoms with E-state index in [9.17, 15) is 0 Å². The van der Waals surface area contributed by atoms with Gasteiger partial charge in [0.1, 0.15) is 17.0 Å². The van der Waals surface area contributed by atoms with Crippen molar-refractivity contribution in [1.29, 1.82) is 0 Å². The minimum absolute atomic E-state index is 0.00107. The van der Waals surface area contributed by atoms with Crippen molar-refractivity contribution in [3.63, 3.8) is 0 Å². The van der Waals surface area contributed by atoms with Crippen LogP contribution >= 0.6 is 10.5 Å². The number of nitrogens with zero attached hydrogens (tertiary/aromatic N) is 1. The van der Waals surface area contributed by atoms with Crippen LogP contribution in [0.2, 0.25) is 0 Å². The molecule has 15 heavy (non-hydrogen) atoms. The van der Waals surface area contributed by atoms with Crippen molar-refractivity contribution in [2.45, 2.75) is 12.7 Å². The minimum atomic E-state index is 0.00107. The van der Waals surface area contributed by atoms with Crippen LogP contribution in [0.3, 0.4) is 0 Å². The molecule has 0 radical (unpaired) electrons. The van der Waals surface area contributed by atoms with Crippen LogP contribution in [0.15, 0.2) is 18.2 Å². The molecule has 4 nitrogen and oxygen atoms in total. The van der Waals surface area contributed by atoms with E-state index in [0.29, 0.717) is 0 Å². The first-order valence-corrected chi connectivity index (χ1v) is 6.13. The van der Waals surface area contributed by atoms with Crippen LogP contribution in [0.25, 0.3) is 10.2 Å². The number of anilines is 1. The fraction of sp³-hybridized carbons (Fsp3) is 0.300. The average molecular weight is 224 g/mol. The molecule has 0 saturated carbocycles. The lowest BCUT2D eigenvalue weighted by Gasteiger charge is -1.95. The summed E-state index contributed by atoms with van der Waals surface area (Å²) in [4.78, 5) is 4.44. The van der Waals surface area contributed by atoms with Crippen LogP contribution in [0.5, 0.6) is 5.75 Å². The Balaban J connectivity index is 2.65. The molecule has 0 aliphatic heterocycles. The normalized spacial score (nSPS) is 11.8. The summed E-state index contributed by atoms with van der Waals surface area (Å²) in [5.74, 6) is 7.29. The number of nitrogen functional groups attached to an aromatic ring is 1. The average Bonchev–Trinajstić information content (AvgIpc) is 2.65. The molecule has 0 aliphatic carbocycles. The van der Waals surface area contributed by atoms with E-state index in [4.69, 9.17) is 10.6 Å². The summed E-state index contributed by atoms with van der Waals surface area (Å²) in [6.45, 7) is 2.13. The Morgan fingerprint density at radius 2 is 2.33 bits per heavy atom. The highest BCUT2D eigenvalue weighted by Crippen LogP contribution is 2.39. The van der Waals surface area contributed by atoms with Gasteiger partial charge < -0.3 is 4.74 Å². The van der Waals surface area contributed by atoms with Crippen molar-refractivity contribution in [2.75, 3.05) is 12.5 Å². The summed E-state index contributed by atoms with van der Waals surface area (Å²) in [7, 11) is 1.66. The lowest BCUT2D eigenvalue weighted by Crippen LogP contribution is -2.06. The van der Waals surface area contributed by atoms with Crippen LogP contribution in [0, 0.1) is 0 Å². The van der Waals surface area contributed by atoms with E-state index < -0.39 is 0 Å². The van der Waals surface area contributed by atoms with Crippen LogP contribution in [-0.4, -0.2) is 12.1 Å². The number of ether oxygens (including phenoxy) is 1. The standard InChI is InChI=1S/C10H14N3OS/c1-3-15-9-5-4-7(14-2)6-8(9)12-10(15)13-11/h4-6H,3,11H2,1-2H3,(H,12,13)/q+1. The molecule has 1 heterocycles. The minimum Gasteiger partial charge on any atom is -0.497 e. The number of nitrogens with two attached hydrogens (primary N) is 1. The van der Waals surface area contributed by atoms with E-state index in [1.54, 1.807) is 7.11 Å². The third kappa shape index (κ3) is 1.64. The summed E-state index contributed by atoms with van der Waals surface area (Å²) in [6.07, 6.45) is 0. The molecule has 1 unspecified atom stereocenters. The Morgan fingerprint density at radius 1 is 1.53 bits per heavy atom. The van der Waals surface area contributed by atoms with Crippen molar-refractivity contribution in [3.8, 4) is 5.75 Å². The Hall–Kier alpha value is -1.33. The van der Waals surface area contributed by atoms with Gasteiger partial charge in [-0.1, -0.05) is 0 Å². The summed E-state index contributed by atoms with van der Waals surface area (Å²) in [5.41, 5.74) is 3.64. The zero-order valence-electron chi connectivity index (χ0n) is 8.78. The molecule has 1 atom stereocenters. The van der Waals surface area contributed by atoms with Gasteiger partial charge in [-0.25, -0.2) is 5.84 Å². The fourth-order valence-electron chi connectivity index (χ4n) is 1.58. The predicted octanol–water partition coefficient (Wildman–Crippen LogP) is 2.30. The van der Waals surface area contributed by atoms with Gasteiger partial charge in [0, 0.05) is 22.6 Å². The SMILES string of the molecule is CC[s+]1c(NN)nc2cc(OC)ccc21. The van der Waals surface area contributed by atoms with Crippen LogP contribution in [0.4, 0.5) is 5.13 Å². The summed E-state index contributed by atoms with van der Waals surface area (Å²) >= 11 is 0. The van der Waals surface area contributed by atoms with E-state index in [0.717, 1.165) is 22.2 Å². The second kappa shape index (κ2) is 4.04. The third-order valence-corrected chi connectivity index (χ3v) is 4.43. The van der Waals surface area contributed by atoms with Crippen LogP contribution in [0.1, 0.15) is 6.92 Å². The number of aromatic nitrogens is 1. The molecule has 0 aliphatic rings. The molecule has 2 rings (SSSR count). The number of aryl methyl sites for hydroxylation is 1. The van der Waals surface area contributed by atoms with Crippen LogP contribution < -0.4 is 16.0 Å². The van der Waals surface area contributed by atoms with E-state index >= 15 is 0 Å². The van der Waals surface area contributed by atoms with Gasteiger partial charge in [0.05, 0.1) is 7.11 Å². The first-order valence-electron chi connectivity index (χ1n) is 4.74. The van der Waals surface area contributed by atoms with E-state index in [-0.39, 0.29) is 10.5 Å². The molecule has 0 bridgehead atoms. The monoisotopic (exact) mass is 224 g/mol. The smallest absolute Gasteiger partial charge is 0.355 e. The zero-order valence-corrected chi connectivity index (χ0v) is 9.60. The molecule has 5 heteroatoms. The molecule has 2 aromatic rings. The first-order chi connectivity index (χ1) is 7.30. The van der Waals surface area contributed by atoms with Crippen molar-refractivity contribution in [3.05, 3.63) is 18.2 Å². The summed E-state index contributed by atoms with van der Waals surface area (Å²) < 4.78 is 6.40. The molecular weight excluding hydrogens is 210 g/mol. The van der Waals surface area contributed by atoms with Crippen molar-refractivity contribution in [1.82, 2.24) is 4.98 Å². The van der Waals surface area contributed by atoms with Crippen LogP contribution in [-0.2, 0) is 5.75 Å². The Labute approximate surface area is 91.0 Å². The maximum atomic E-state index is 5.44. The van der Waals surface area contributed by atoms with Gasteiger partial charge in [-0.2, -0.15) is 4.98 Å². The molecular formula is C10H14N3OS+. The molecule has 0 amide bonds. The van der Waals surface area contributed by atoms with Gasteiger partial charge in [0.15, 0.2) is 0 Å². The molecule has 3 N–H and O–H groups in total. The summed E-state index contributed by atoms with van der Waals surface area (Å²) in [6, 6.07) is 5.97. The number of hydrazine groups is 1. The zero-order chi connectivity index (χ0) is 10.8. The molecule has 80 valence electrons. The van der Waals surface area contributed by atoms with Gasteiger partial charge in [-0.3, -0.25) is 5.43 Å². The highest BCUT2D eigenvalue weighted by Gasteiger charge is 2.20. The third-order valence-electron chi connectivity index (χ3n) is 2.30. The highest BCUT2D eigenvalue weighted by molar-refractivity contribution is 7.39. The van der Waals surface area contributed by atoms with E-state index in [1.165, 1.54) is 4.70 Å². The van der Waals surface area contributed by atoms with Crippen molar-refractivity contribution >= 4 is 25.8 Å². The Bertz CT molecular complexity index is 481. The molecule has 0 fully saturated rings. The van der Waals surface area contributed by atoms with Gasteiger partial charge in [0.2, 0.25) is 4.70 Å². The van der Waals surface area contributed by atoms with Crippen molar-refractivity contribution in [2.24, 2.45) is 5.84 Å². The quantitative estimate of drug-likeness (QED) is 0.477. The molecule has 1 aromatic heterocycles. The number of thiazole rings is 1. The van der Waals surface area contributed by atoms with Gasteiger partial charge in [-0.05, 0) is 13.0 Å². The second-order valence-corrected chi connectivity index (χ2v) is 5.26. The number of benzene rings is 1. The second-order valence-electron chi connectivity index (χ2n) is 3.07. The lowest BCUT2D eigenvalue weighted by atomic mass is 10.3. The topological polar surface area (TPSA) is 60.2 Å². The van der Waals surface area contributed by atoms with E-state index in [1.807, 2.05) is 12.1 Å². The Morgan fingerprint density at radius 3 is 2.93 bits per heavy atom. The molecule has 1 aromatic carbocycles. The maximum Gasteiger partial charge on any atom is 0.355 e.